The summed E-state index contributed by atoms with van der Waals surface area (Å²) < 4.78 is 19.8. The number of carbonyl (C=O) groups is 2. The number of fused-ring (bicyclic) bond motifs is 1. The van der Waals surface area contributed by atoms with Crippen LogP contribution in [0.25, 0.3) is 4.96 Å². The Labute approximate surface area is 179 Å². The number of hydrogen-bond donors (Lipinski definition) is 1. The van der Waals surface area contributed by atoms with E-state index in [1.165, 1.54) is 52.1 Å². The summed E-state index contributed by atoms with van der Waals surface area (Å²) in [5, 5.41) is 4.48. The van der Waals surface area contributed by atoms with Gasteiger partial charge in [-0.1, -0.05) is 6.07 Å². The van der Waals surface area contributed by atoms with Crippen LogP contribution in [-0.2, 0) is 11.3 Å². The van der Waals surface area contributed by atoms with Gasteiger partial charge >= 0.3 is 5.97 Å². The molecule has 156 valence electrons. The maximum absolute atomic E-state index is 13.0. The first-order valence-electron chi connectivity index (χ1n) is 9.21. The lowest BCUT2D eigenvalue weighted by Gasteiger charge is -2.08. The Kier molecular flexibility index (Phi) is 5.59. The molecule has 9 heteroatoms. The van der Waals surface area contributed by atoms with E-state index in [1.807, 2.05) is 12.3 Å². The number of esters is 1. The van der Waals surface area contributed by atoms with Crippen molar-refractivity contribution in [3.8, 4) is 0 Å². The second-order valence-corrected chi connectivity index (χ2v) is 7.54. The molecule has 0 saturated carbocycles. The van der Waals surface area contributed by atoms with Gasteiger partial charge in [-0.05, 0) is 49.4 Å². The van der Waals surface area contributed by atoms with Crippen LogP contribution < -0.4 is 10.9 Å². The number of amides is 1. The topological polar surface area (TPSA) is 89.8 Å². The molecule has 0 aliphatic heterocycles. The fourth-order valence-electron chi connectivity index (χ4n) is 2.93. The Morgan fingerprint density at radius 2 is 1.90 bits per heavy atom. The number of carbonyl (C=O) groups excluding carboxylic acids is 2. The maximum atomic E-state index is 13.0. The zero-order valence-corrected chi connectivity index (χ0v) is 17.1. The number of nitrogens with zero attached hydrogens (tertiary/aromatic N) is 2. The molecule has 7 nitrogen and oxygen atoms in total. The molecule has 0 bridgehead atoms. The van der Waals surface area contributed by atoms with Gasteiger partial charge in [-0.25, -0.2) is 14.2 Å². The van der Waals surface area contributed by atoms with E-state index < -0.39 is 17.7 Å². The molecule has 31 heavy (non-hydrogen) atoms. The predicted octanol–water partition coefficient (Wildman–Crippen LogP) is 3.81. The normalized spacial score (nSPS) is 10.8. The monoisotopic (exact) mass is 437 g/mol. The van der Waals surface area contributed by atoms with Gasteiger partial charge in [0.25, 0.3) is 11.5 Å². The van der Waals surface area contributed by atoms with Crippen molar-refractivity contribution in [1.82, 2.24) is 9.38 Å². The summed E-state index contributed by atoms with van der Waals surface area (Å²) in [6.45, 7) is 1.65. The van der Waals surface area contributed by atoms with Gasteiger partial charge < -0.3 is 10.1 Å². The number of rotatable bonds is 5. The summed E-state index contributed by atoms with van der Waals surface area (Å²) in [6, 6.07) is 12.7. The van der Waals surface area contributed by atoms with Crippen molar-refractivity contribution in [3.05, 3.63) is 98.7 Å². The van der Waals surface area contributed by atoms with Gasteiger partial charge in [-0.3, -0.25) is 14.0 Å². The quantitative estimate of drug-likeness (QED) is 0.480. The molecule has 2 heterocycles. The molecule has 0 saturated heterocycles. The first-order valence-corrected chi connectivity index (χ1v) is 10.1. The lowest BCUT2D eigenvalue weighted by Crippen LogP contribution is -2.16. The van der Waals surface area contributed by atoms with Gasteiger partial charge in [0.1, 0.15) is 12.4 Å². The molecule has 0 aliphatic rings. The third-order valence-electron chi connectivity index (χ3n) is 4.44. The Hall–Kier alpha value is -3.85. The number of nitrogens with one attached hydrogen (secondary N) is 1. The molecule has 0 radical (unpaired) electrons. The summed E-state index contributed by atoms with van der Waals surface area (Å²) in [7, 11) is 0. The Morgan fingerprint density at radius 3 is 2.68 bits per heavy atom. The summed E-state index contributed by atoms with van der Waals surface area (Å²) in [5.41, 5.74) is 1.80. The molecule has 1 N–H and O–H groups in total. The van der Waals surface area contributed by atoms with Crippen LogP contribution in [0.4, 0.5) is 10.1 Å². The van der Waals surface area contributed by atoms with E-state index in [4.69, 9.17) is 4.74 Å². The number of aromatic nitrogens is 2. The zero-order valence-electron chi connectivity index (χ0n) is 16.3. The summed E-state index contributed by atoms with van der Waals surface area (Å²) >= 11 is 1.33. The van der Waals surface area contributed by atoms with Gasteiger partial charge in [-0.2, -0.15) is 0 Å². The van der Waals surface area contributed by atoms with Crippen molar-refractivity contribution in [2.75, 3.05) is 5.32 Å². The fourth-order valence-corrected chi connectivity index (χ4v) is 3.82. The van der Waals surface area contributed by atoms with Gasteiger partial charge in [0.15, 0.2) is 4.96 Å². The van der Waals surface area contributed by atoms with E-state index in [2.05, 4.69) is 10.3 Å². The lowest BCUT2D eigenvalue weighted by atomic mass is 10.1. The van der Waals surface area contributed by atoms with Crippen molar-refractivity contribution >= 4 is 33.9 Å². The smallest absolute Gasteiger partial charge is 0.338 e. The maximum Gasteiger partial charge on any atom is 0.338 e. The second-order valence-electron chi connectivity index (χ2n) is 6.70. The molecule has 1 amide bonds. The number of ether oxygens (including phenoxy) is 1. The summed E-state index contributed by atoms with van der Waals surface area (Å²) in [6.07, 6.45) is 0. The van der Waals surface area contributed by atoms with Crippen LogP contribution in [-0.4, -0.2) is 21.3 Å². The number of halogens is 1. The summed E-state index contributed by atoms with van der Waals surface area (Å²) in [5.74, 6) is -1.50. The number of anilines is 1. The van der Waals surface area contributed by atoms with Gasteiger partial charge in [0.05, 0.1) is 11.3 Å². The number of aryl methyl sites for hydroxylation is 1. The molecule has 2 aromatic heterocycles. The van der Waals surface area contributed by atoms with Crippen molar-refractivity contribution in [3.63, 3.8) is 0 Å². The SMILES string of the molecule is Cc1csc2nc(COC(=O)c3cccc(NC(=O)c4ccc(F)cc4)c3)cc(=O)n12. The second kappa shape index (κ2) is 8.49. The number of hydrogen-bond acceptors (Lipinski definition) is 6. The standard InChI is InChI=1S/C22H16FN3O4S/c1-13-12-31-22-25-18(10-19(27)26(13)22)11-30-21(29)15-3-2-4-17(9-15)24-20(28)14-5-7-16(23)8-6-14/h2-10,12H,11H2,1H3,(H,24,28). The number of thiazole rings is 1. The van der Waals surface area contributed by atoms with Crippen LogP contribution in [0.2, 0.25) is 0 Å². The molecule has 0 atom stereocenters. The minimum atomic E-state index is -0.623. The van der Waals surface area contributed by atoms with Crippen molar-refractivity contribution in [2.24, 2.45) is 0 Å². The number of benzene rings is 2. The van der Waals surface area contributed by atoms with Crippen LogP contribution >= 0.6 is 11.3 Å². The highest BCUT2D eigenvalue weighted by molar-refractivity contribution is 7.15. The molecule has 0 unspecified atom stereocenters. The fraction of sp³-hybridized carbons (Fsp3) is 0.0909. The minimum absolute atomic E-state index is 0.159. The van der Waals surface area contributed by atoms with E-state index in [0.717, 1.165) is 5.69 Å². The van der Waals surface area contributed by atoms with Crippen LogP contribution in [0.3, 0.4) is 0 Å². The first-order chi connectivity index (χ1) is 14.9. The van der Waals surface area contributed by atoms with E-state index in [9.17, 15) is 18.8 Å². The molecule has 0 fully saturated rings. The van der Waals surface area contributed by atoms with E-state index >= 15 is 0 Å². The Bertz CT molecular complexity index is 1350. The van der Waals surface area contributed by atoms with Gasteiger partial charge in [0.2, 0.25) is 0 Å². The molecule has 0 aliphatic carbocycles. The van der Waals surface area contributed by atoms with Gasteiger partial charge in [0, 0.05) is 28.4 Å². The predicted molar refractivity (Wildman–Crippen MR) is 114 cm³/mol. The third kappa shape index (κ3) is 4.51. The minimum Gasteiger partial charge on any atom is -0.456 e. The third-order valence-corrected chi connectivity index (χ3v) is 5.39. The lowest BCUT2D eigenvalue weighted by molar-refractivity contribution is 0.0467. The average molecular weight is 437 g/mol. The highest BCUT2D eigenvalue weighted by atomic mass is 32.1. The van der Waals surface area contributed by atoms with Crippen LogP contribution in [0.5, 0.6) is 0 Å². The molecule has 4 aromatic rings. The largest absolute Gasteiger partial charge is 0.456 e. The van der Waals surface area contributed by atoms with Crippen LogP contribution in [0.1, 0.15) is 32.1 Å². The highest BCUT2D eigenvalue weighted by Gasteiger charge is 2.13. The van der Waals surface area contributed by atoms with Crippen molar-refractivity contribution < 1.29 is 18.7 Å². The van der Waals surface area contributed by atoms with E-state index in [0.29, 0.717) is 16.3 Å². The molecule has 4 rings (SSSR count). The Morgan fingerprint density at radius 1 is 1.13 bits per heavy atom. The van der Waals surface area contributed by atoms with Crippen LogP contribution in [0.15, 0.2) is 64.8 Å². The zero-order chi connectivity index (χ0) is 22.0. The van der Waals surface area contributed by atoms with Crippen molar-refractivity contribution in [1.29, 1.82) is 0 Å². The van der Waals surface area contributed by atoms with Crippen LogP contribution in [0, 0.1) is 12.7 Å². The first kappa shape index (κ1) is 20.4. The Balaban J connectivity index is 1.44. The van der Waals surface area contributed by atoms with Crippen molar-refractivity contribution in [2.45, 2.75) is 13.5 Å². The molecular weight excluding hydrogens is 421 g/mol. The molecule has 2 aromatic carbocycles. The molecular formula is C22H16FN3O4S. The van der Waals surface area contributed by atoms with Gasteiger partial charge in [-0.15, -0.1) is 11.3 Å². The average Bonchev–Trinajstić information content (AvgIpc) is 3.14. The van der Waals surface area contributed by atoms with E-state index in [1.54, 1.807) is 18.2 Å². The highest BCUT2D eigenvalue weighted by Crippen LogP contribution is 2.15. The summed E-state index contributed by atoms with van der Waals surface area (Å²) in [4.78, 5) is 41.8. The van der Waals surface area contributed by atoms with E-state index in [-0.39, 0.29) is 23.3 Å². The molecule has 0 spiro atoms.